The number of piperidine rings is 1. The minimum atomic E-state index is -0.144. The number of hydrogen-bond acceptors (Lipinski definition) is 6. The normalized spacial score (nSPS) is 16.1. The number of halogens is 1. The molecule has 2 aromatic heterocycles. The van der Waals surface area contributed by atoms with Crippen molar-refractivity contribution in [1.82, 2.24) is 24.6 Å². The first kappa shape index (κ1) is 23.7. The zero-order valence-corrected chi connectivity index (χ0v) is 20.2. The van der Waals surface area contributed by atoms with E-state index >= 15 is 0 Å². The van der Waals surface area contributed by atoms with E-state index in [2.05, 4.69) is 67.8 Å². The van der Waals surface area contributed by atoms with E-state index in [1.807, 2.05) is 12.1 Å². The van der Waals surface area contributed by atoms with Crippen LogP contribution in [0.4, 0.5) is 5.95 Å². The lowest BCUT2D eigenvalue weighted by Gasteiger charge is -2.29. The molecule has 0 saturated carbocycles. The van der Waals surface area contributed by atoms with Crippen LogP contribution in [0, 0.1) is 0 Å². The molecule has 176 valence electrons. The summed E-state index contributed by atoms with van der Waals surface area (Å²) in [5, 5.41) is 19.3. The predicted molar refractivity (Wildman–Crippen MR) is 133 cm³/mol. The molecule has 1 aliphatic heterocycles. The Hall–Kier alpha value is -2.48. The third-order valence-corrected chi connectivity index (χ3v) is 6.61. The summed E-state index contributed by atoms with van der Waals surface area (Å²) in [4.78, 5) is 8.86. The lowest BCUT2D eigenvalue weighted by atomic mass is 10.0. The second-order valence-corrected chi connectivity index (χ2v) is 9.35. The van der Waals surface area contributed by atoms with Crippen molar-refractivity contribution in [3.8, 4) is 11.4 Å². The summed E-state index contributed by atoms with van der Waals surface area (Å²) in [6.07, 6.45) is 4.32. The molecule has 1 N–H and O–H groups in total. The van der Waals surface area contributed by atoms with Crippen LogP contribution in [0.3, 0.4) is 0 Å². The maximum atomic E-state index is 9.77. The van der Waals surface area contributed by atoms with E-state index in [-0.39, 0.29) is 6.10 Å². The van der Waals surface area contributed by atoms with Gasteiger partial charge in [0.2, 0.25) is 5.95 Å². The van der Waals surface area contributed by atoms with Crippen LogP contribution in [0.15, 0.2) is 48.7 Å². The van der Waals surface area contributed by atoms with Crippen LogP contribution in [0.25, 0.3) is 11.4 Å². The van der Waals surface area contributed by atoms with Gasteiger partial charge in [0.15, 0.2) is 5.82 Å². The number of aromatic nitrogens is 4. The van der Waals surface area contributed by atoms with Crippen LogP contribution in [-0.4, -0.2) is 69.1 Å². The molecule has 0 amide bonds. The monoisotopic (exact) mass is 468 g/mol. The van der Waals surface area contributed by atoms with Crippen LogP contribution in [0.2, 0.25) is 5.15 Å². The van der Waals surface area contributed by atoms with Crippen molar-refractivity contribution in [2.24, 2.45) is 0 Å². The number of likely N-dealkylation sites (N-methyl/N-ethyl adjacent to an activating group) is 1. The number of nitrogens with zero attached hydrogens (tertiary/aromatic N) is 6. The van der Waals surface area contributed by atoms with Crippen molar-refractivity contribution in [2.75, 3.05) is 38.1 Å². The van der Waals surface area contributed by atoms with Gasteiger partial charge in [0, 0.05) is 45.0 Å². The quantitative estimate of drug-likeness (QED) is 0.477. The highest BCUT2D eigenvalue weighted by atomic mass is 35.5. The van der Waals surface area contributed by atoms with Crippen LogP contribution in [-0.2, 0) is 6.54 Å². The average molecular weight is 469 g/mol. The van der Waals surface area contributed by atoms with Crippen molar-refractivity contribution in [2.45, 2.75) is 44.8 Å². The standard InChI is InChI=1S/C25H33ClN6O/c1-19(20-7-4-3-5-8-20)18-30(2)25-29-28-24(21-9-10-23(26)27-17-21)32(25)14-6-13-31-15-11-22(33)12-16-31/h3-5,7-10,17,19,22,33H,6,11-16,18H2,1-2H3. The molecule has 0 bridgehead atoms. The third-order valence-electron chi connectivity index (χ3n) is 6.39. The number of hydrogen-bond donors (Lipinski definition) is 1. The summed E-state index contributed by atoms with van der Waals surface area (Å²) >= 11 is 6.00. The molecule has 0 aliphatic carbocycles. The Bertz CT molecular complexity index is 1000. The summed E-state index contributed by atoms with van der Waals surface area (Å²) in [5.41, 5.74) is 2.22. The fraction of sp³-hybridized carbons (Fsp3) is 0.480. The maximum Gasteiger partial charge on any atom is 0.227 e. The van der Waals surface area contributed by atoms with Crippen LogP contribution >= 0.6 is 11.6 Å². The number of aliphatic hydroxyl groups is 1. The Balaban J connectivity index is 1.51. The molecule has 0 spiro atoms. The minimum absolute atomic E-state index is 0.144. The van der Waals surface area contributed by atoms with Crippen LogP contribution < -0.4 is 4.90 Å². The van der Waals surface area contributed by atoms with Gasteiger partial charge in [0.25, 0.3) is 0 Å². The first-order valence-electron chi connectivity index (χ1n) is 11.7. The van der Waals surface area contributed by atoms with Crippen molar-refractivity contribution in [1.29, 1.82) is 0 Å². The SMILES string of the molecule is CC(CN(C)c1nnc(-c2ccc(Cl)nc2)n1CCCN1CCC(O)CC1)c1ccccc1. The van der Waals surface area contributed by atoms with Crippen molar-refractivity contribution in [3.05, 3.63) is 59.4 Å². The molecule has 0 radical (unpaired) electrons. The zero-order valence-electron chi connectivity index (χ0n) is 19.4. The fourth-order valence-electron chi connectivity index (χ4n) is 4.48. The molecule has 7 nitrogen and oxygen atoms in total. The highest BCUT2D eigenvalue weighted by Crippen LogP contribution is 2.25. The molecule has 33 heavy (non-hydrogen) atoms. The largest absolute Gasteiger partial charge is 0.393 e. The number of anilines is 1. The maximum absolute atomic E-state index is 9.77. The highest BCUT2D eigenvalue weighted by Gasteiger charge is 2.21. The molecule has 3 heterocycles. The molecule has 1 fully saturated rings. The van der Waals surface area contributed by atoms with E-state index in [0.717, 1.165) is 69.3 Å². The Morgan fingerprint density at radius 2 is 1.85 bits per heavy atom. The number of aliphatic hydroxyl groups excluding tert-OH is 1. The van der Waals surface area contributed by atoms with Crippen molar-refractivity contribution >= 4 is 17.5 Å². The Morgan fingerprint density at radius 1 is 1.09 bits per heavy atom. The molecule has 1 aliphatic rings. The molecule has 8 heteroatoms. The van der Waals surface area contributed by atoms with Crippen LogP contribution in [0.1, 0.15) is 37.7 Å². The molecule has 1 aromatic carbocycles. The fourth-order valence-corrected chi connectivity index (χ4v) is 4.59. The molecule has 1 unspecified atom stereocenters. The predicted octanol–water partition coefficient (Wildman–Crippen LogP) is 4.08. The first-order chi connectivity index (χ1) is 16.0. The lowest BCUT2D eigenvalue weighted by Crippen LogP contribution is -2.36. The van der Waals surface area contributed by atoms with Gasteiger partial charge in [-0.3, -0.25) is 4.57 Å². The topological polar surface area (TPSA) is 70.3 Å². The molecule has 3 aromatic rings. The van der Waals surface area contributed by atoms with E-state index in [4.69, 9.17) is 11.6 Å². The lowest BCUT2D eigenvalue weighted by molar-refractivity contribution is 0.0816. The van der Waals surface area contributed by atoms with Crippen molar-refractivity contribution in [3.63, 3.8) is 0 Å². The van der Waals surface area contributed by atoms with Gasteiger partial charge in [-0.05, 0) is 49.4 Å². The molecule has 1 atom stereocenters. The number of rotatable bonds is 9. The second kappa shape index (κ2) is 11.1. The molecule has 1 saturated heterocycles. The average Bonchev–Trinajstić information content (AvgIpc) is 3.25. The van der Waals surface area contributed by atoms with Gasteiger partial charge in [0.1, 0.15) is 5.15 Å². The summed E-state index contributed by atoms with van der Waals surface area (Å²) in [6.45, 7) is 6.79. The van der Waals surface area contributed by atoms with Gasteiger partial charge in [-0.1, -0.05) is 48.9 Å². The third kappa shape index (κ3) is 6.10. The minimum Gasteiger partial charge on any atom is -0.393 e. The second-order valence-electron chi connectivity index (χ2n) is 8.96. The van der Waals surface area contributed by atoms with Gasteiger partial charge in [-0.15, -0.1) is 10.2 Å². The Labute approximate surface area is 201 Å². The molecule has 4 rings (SSSR count). The van der Waals surface area contributed by atoms with Gasteiger partial charge in [-0.2, -0.15) is 0 Å². The van der Waals surface area contributed by atoms with Crippen molar-refractivity contribution < 1.29 is 5.11 Å². The van der Waals surface area contributed by atoms with Crippen LogP contribution in [0.5, 0.6) is 0 Å². The van der Waals surface area contributed by atoms with E-state index in [0.29, 0.717) is 11.1 Å². The number of benzene rings is 1. The highest BCUT2D eigenvalue weighted by molar-refractivity contribution is 6.29. The molecular formula is C25H33ClN6O. The van der Waals surface area contributed by atoms with Gasteiger partial charge in [-0.25, -0.2) is 4.98 Å². The summed E-state index contributed by atoms with van der Waals surface area (Å²) in [7, 11) is 2.08. The van der Waals surface area contributed by atoms with E-state index in [1.54, 1.807) is 12.3 Å². The van der Waals surface area contributed by atoms with Gasteiger partial charge < -0.3 is 14.9 Å². The number of pyridine rings is 1. The Kier molecular flexibility index (Phi) is 7.96. The summed E-state index contributed by atoms with van der Waals surface area (Å²) < 4.78 is 2.20. The van der Waals surface area contributed by atoms with E-state index in [9.17, 15) is 5.11 Å². The van der Waals surface area contributed by atoms with Gasteiger partial charge >= 0.3 is 0 Å². The summed E-state index contributed by atoms with van der Waals surface area (Å²) in [5.74, 6) is 2.03. The van der Waals surface area contributed by atoms with E-state index < -0.39 is 0 Å². The first-order valence-corrected chi connectivity index (χ1v) is 12.1. The van der Waals surface area contributed by atoms with E-state index in [1.165, 1.54) is 5.56 Å². The smallest absolute Gasteiger partial charge is 0.227 e. The Morgan fingerprint density at radius 3 is 2.55 bits per heavy atom. The van der Waals surface area contributed by atoms with Gasteiger partial charge in [0.05, 0.1) is 6.10 Å². The zero-order chi connectivity index (χ0) is 23.2. The number of likely N-dealkylation sites (tertiary alicyclic amines) is 1. The molecular weight excluding hydrogens is 436 g/mol. The summed E-state index contributed by atoms with van der Waals surface area (Å²) in [6, 6.07) is 14.3.